The van der Waals surface area contributed by atoms with Crippen LogP contribution in [0.1, 0.15) is 32.7 Å². The van der Waals surface area contributed by atoms with Crippen LogP contribution in [0.25, 0.3) is 0 Å². The number of Topliss-reactive ketones (excluding diaryl/α,β-unsaturated/α-hetero) is 1. The maximum absolute atomic E-state index is 13.6. The molecule has 0 aromatic heterocycles. The molecule has 0 radical (unpaired) electrons. The molecule has 160 valence electrons. The van der Waals surface area contributed by atoms with Crippen LogP contribution in [0.15, 0.2) is 71.6 Å². The molecule has 5 nitrogen and oxygen atoms in total. The first kappa shape index (κ1) is 21.3. The van der Waals surface area contributed by atoms with Gasteiger partial charge in [0, 0.05) is 22.3 Å². The van der Waals surface area contributed by atoms with Crippen LogP contribution in [0.5, 0.6) is 17.2 Å². The summed E-state index contributed by atoms with van der Waals surface area (Å²) < 4.78 is 5.74. The summed E-state index contributed by atoms with van der Waals surface area (Å²) >= 11 is 1.57. The van der Waals surface area contributed by atoms with Gasteiger partial charge in [-0.3, -0.25) is 4.79 Å². The standard InChI is InChI=1S/C25H25NO4S/c1-26(2)13-14-30-20-10-5-16(6-11-20)24(29)23-21-12-9-19(28)15-22(21)31-25(23)17-3-7-18(27)8-4-17/h3-12,15,23,25,27-28H,13-14H2,1-2H3. The van der Waals surface area contributed by atoms with Gasteiger partial charge in [0.1, 0.15) is 23.9 Å². The minimum Gasteiger partial charge on any atom is -0.508 e. The maximum atomic E-state index is 13.6. The summed E-state index contributed by atoms with van der Waals surface area (Å²) in [6.07, 6.45) is 0. The van der Waals surface area contributed by atoms with Crippen molar-refractivity contribution in [2.45, 2.75) is 16.1 Å². The average Bonchev–Trinajstić information content (AvgIpc) is 3.12. The van der Waals surface area contributed by atoms with Gasteiger partial charge in [-0.2, -0.15) is 0 Å². The van der Waals surface area contributed by atoms with Crippen molar-refractivity contribution in [3.05, 3.63) is 83.4 Å². The fourth-order valence-electron chi connectivity index (χ4n) is 3.69. The Morgan fingerprint density at radius 2 is 1.65 bits per heavy atom. The second kappa shape index (κ2) is 9.04. The van der Waals surface area contributed by atoms with Gasteiger partial charge in [-0.15, -0.1) is 11.8 Å². The lowest BCUT2D eigenvalue weighted by Gasteiger charge is -2.19. The molecule has 1 aliphatic heterocycles. The van der Waals surface area contributed by atoms with Crippen LogP contribution in [0.3, 0.4) is 0 Å². The number of carbonyl (C=O) groups excluding carboxylic acids is 1. The Labute approximate surface area is 186 Å². The molecule has 3 aromatic carbocycles. The topological polar surface area (TPSA) is 70.0 Å². The van der Waals surface area contributed by atoms with Crippen molar-refractivity contribution >= 4 is 17.5 Å². The first-order valence-electron chi connectivity index (χ1n) is 10.1. The quantitative estimate of drug-likeness (QED) is 0.517. The number of benzene rings is 3. The highest BCUT2D eigenvalue weighted by molar-refractivity contribution is 8.00. The molecule has 0 aliphatic carbocycles. The van der Waals surface area contributed by atoms with E-state index in [4.69, 9.17) is 4.74 Å². The average molecular weight is 436 g/mol. The SMILES string of the molecule is CN(C)CCOc1ccc(C(=O)C2c3ccc(O)cc3SC2c2ccc(O)cc2)cc1. The van der Waals surface area contributed by atoms with E-state index in [2.05, 4.69) is 0 Å². The fraction of sp³-hybridized carbons (Fsp3) is 0.240. The summed E-state index contributed by atoms with van der Waals surface area (Å²) in [6.45, 7) is 1.40. The van der Waals surface area contributed by atoms with Crippen LogP contribution < -0.4 is 4.74 Å². The van der Waals surface area contributed by atoms with Gasteiger partial charge in [0.15, 0.2) is 5.78 Å². The number of hydrogen-bond donors (Lipinski definition) is 2. The van der Waals surface area contributed by atoms with Gasteiger partial charge in [-0.25, -0.2) is 0 Å². The highest BCUT2D eigenvalue weighted by atomic mass is 32.2. The Kier molecular flexibility index (Phi) is 6.20. The van der Waals surface area contributed by atoms with E-state index in [0.717, 1.165) is 28.3 Å². The van der Waals surface area contributed by atoms with E-state index in [1.807, 2.05) is 61.5 Å². The summed E-state index contributed by atoms with van der Waals surface area (Å²) in [5.74, 6) is 0.748. The van der Waals surface area contributed by atoms with Crippen LogP contribution in [-0.2, 0) is 0 Å². The number of aromatic hydroxyl groups is 2. The van der Waals surface area contributed by atoms with E-state index in [1.54, 1.807) is 36.0 Å². The molecule has 0 saturated heterocycles. The molecule has 31 heavy (non-hydrogen) atoms. The number of likely N-dealkylation sites (N-methyl/N-ethyl adjacent to an activating group) is 1. The zero-order valence-electron chi connectivity index (χ0n) is 17.5. The highest BCUT2D eigenvalue weighted by Crippen LogP contribution is 2.56. The summed E-state index contributed by atoms with van der Waals surface area (Å²) in [7, 11) is 3.99. The van der Waals surface area contributed by atoms with Crippen molar-refractivity contribution in [1.29, 1.82) is 0 Å². The number of rotatable bonds is 7. The third-order valence-electron chi connectivity index (χ3n) is 5.34. The minimum absolute atomic E-state index is 0.0230. The van der Waals surface area contributed by atoms with Gasteiger partial charge in [0.2, 0.25) is 0 Å². The first-order valence-corrected chi connectivity index (χ1v) is 11.0. The van der Waals surface area contributed by atoms with Gasteiger partial charge >= 0.3 is 0 Å². The number of ether oxygens (including phenoxy) is 1. The van der Waals surface area contributed by atoms with Gasteiger partial charge in [0.05, 0.1) is 5.92 Å². The highest BCUT2D eigenvalue weighted by Gasteiger charge is 2.39. The second-order valence-electron chi connectivity index (χ2n) is 7.87. The molecule has 2 N–H and O–H groups in total. The van der Waals surface area contributed by atoms with Gasteiger partial charge in [-0.05, 0) is 73.8 Å². The third kappa shape index (κ3) is 4.70. The molecule has 2 unspecified atom stereocenters. The molecule has 0 amide bonds. The van der Waals surface area contributed by atoms with E-state index in [-0.39, 0.29) is 28.5 Å². The number of thioether (sulfide) groups is 1. The van der Waals surface area contributed by atoms with Crippen LogP contribution in [0.4, 0.5) is 0 Å². The number of hydrogen-bond acceptors (Lipinski definition) is 6. The summed E-state index contributed by atoms with van der Waals surface area (Å²) in [4.78, 5) is 16.5. The number of fused-ring (bicyclic) bond motifs is 1. The summed E-state index contributed by atoms with van der Waals surface area (Å²) in [5.41, 5.74) is 2.49. The molecular formula is C25H25NO4S. The van der Waals surface area contributed by atoms with Crippen molar-refractivity contribution in [1.82, 2.24) is 4.90 Å². The molecule has 3 aromatic rings. The van der Waals surface area contributed by atoms with Crippen LogP contribution in [-0.4, -0.2) is 48.1 Å². The molecular weight excluding hydrogens is 410 g/mol. The Morgan fingerprint density at radius 3 is 2.32 bits per heavy atom. The molecule has 0 spiro atoms. The van der Waals surface area contributed by atoms with Crippen LogP contribution in [0.2, 0.25) is 0 Å². The smallest absolute Gasteiger partial charge is 0.171 e. The largest absolute Gasteiger partial charge is 0.508 e. The number of ketones is 1. The van der Waals surface area contributed by atoms with Gasteiger partial charge in [0.25, 0.3) is 0 Å². The fourth-order valence-corrected chi connectivity index (χ4v) is 5.19. The lowest BCUT2D eigenvalue weighted by molar-refractivity contribution is 0.0958. The van der Waals surface area contributed by atoms with E-state index in [9.17, 15) is 15.0 Å². The predicted octanol–water partition coefficient (Wildman–Crippen LogP) is 4.85. The molecule has 6 heteroatoms. The lowest BCUT2D eigenvalue weighted by Crippen LogP contribution is -2.19. The first-order chi connectivity index (χ1) is 14.9. The second-order valence-corrected chi connectivity index (χ2v) is 9.05. The normalized spacial score (nSPS) is 17.5. The molecule has 0 saturated carbocycles. The molecule has 0 bridgehead atoms. The maximum Gasteiger partial charge on any atom is 0.171 e. The van der Waals surface area contributed by atoms with Crippen LogP contribution in [0, 0.1) is 0 Å². The monoisotopic (exact) mass is 435 g/mol. The molecule has 1 aliphatic rings. The van der Waals surface area contributed by atoms with E-state index in [1.165, 1.54) is 0 Å². The lowest BCUT2D eigenvalue weighted by atomic mass is 9.85. The Hall–Kier alpha value is -2.96. The van der Waals surface area contributed by atoms with Crippen LogP contribution >= 0.6 is 11.8 Å². The Morgan fingerprint density at radius 1 is 0.968 bits per heavy atom. The number of nitrogens with zero attached hydrogens (tertiary/aromatic N) is 1. The molecule has 0 fully saturated rings. The van der Waals surface area contributed by atoms with Crippen molar-refractivity contribution in [2.75, 3.05) is 27.2 Å². The van der Waals surface area contributed by atoms with Crippen molar-refractivity contribution < 1.29 is 19.7 Å². The molecule has 2 atom stereocenters. The van der Waals surface area contributed by atoms with Gasteiger partial charge in [-0.1, -0.05) is 18.2 Å². The summed E-state index contributed by atoms with van der Waals surface area (Å²) in [6, 6.07) is 19.4. The third-order valence-corrected chi connectivity index (χ3v) is 6.74. The summed E-state index contributed by atoms with van der Waals surface area (Å²) in [5, 5.41) is 19.4. The predicted molar refractivity (Wildman–Crippen MR) is 122 cm³/mol. The number of carbonyl (C=O) groups is 1. The molecule has 1 heterocycles. The van der Waals surface area contributed by atoms with E-state index < -0.39 is 0 Å². The minimum atomic E-state index is -0.384. The van der Waals surface area contributed by atoms with Crippen molar-refractivity contribution in [3.8, 4) is 17.2 Å². The van der Waals surface area contributed by atoms with E-state index in [0.29, 0.717) is 12.2 Å². The zero-order chi connectivity index (χ0) is 22.0. The van der Waals surface area contributed by atoms with Crippen molar-refractivity contribution in [3.63, 3.8) is 0 Å². The number of phenols is 2. The van der Waals surface area contributed by atoms with Gasteiger partial charge < -0.3 is 19.8 Å². The Balaban J connectivity index is 1.61. The Bertz CT molecular complexity index is 1060. The van der Waals surface area contributed by atoms with E-state index >= 15 is 0 Å². The zero-order valence-corrected chi connectivity index (χ0v) is 18.3. The molecule has 4 rings (SSSR count). The van der Waals surface area contributed by atoms with Crippen molar-refractivity contribution in [2.24, 2.45) is 0 Å². The number of phenolic OH excluding ortho intramolecular Hbond substituents is 2.